The third-order valence-corrected chi connectivity index (χ3v) is 3.53. The van der Waals surface area contributed by atoms with E-state index in [1.807, 2.05) is 0 Å². The van der Waals surface area contributed by atoms with Crippen LogP contribution in [0.5, 0.6) is 0 Å². The molecular weight excluding hydrogens is 196 g/mol. The van der Waals surface area contributed by atoms with E-state index in [4.69, 9.17) is 5.73 Å². The van der Waals surface area contributed by atoms with Crippen LogP contribution in [-0.2, 0) is 6.54 Å². The van der Waals surface area contributed by atoms with E-state index in [1.165, 1.54) is 37.2 Å². The number of anilines is 1. The van der Waals surface area contributed by atoms with Crippen molar-refractivity contribution in [3.63, 3.8) is 0 Å². The molecule has 1 aromatic rings. The first kappa shape index (κ1) is 9.86. The Kier molecular flexibility index (Phi) is 2.98. The average Bonchev–Trinajstić information content (AvgIpc) is 2.77. The van der Waals surface area contributed by atoms with Crippen LogP contribution in [0, 0.1) is 0 Å². The predicted molar refractivity (Wildman–Crippen MR) is 58.0 cm³/mol. The predicted octanol–water partition coefficient (Wildman–Crippen LogP) is 1.49. The summed E-state index contributed by atoms with van der Waals surface area (Å²) in [5.74, 6) is 0. The number of hydrogen-bond acceptors (Lipinski definition) is 5. The van der Waals surface area contributed by atoms with Crippen molar-refractivity contribution in [2.45, 2.75) is 38.3 Å². The maximum Gasteiger partial charge on any atom is 0.132 e. The van der Waals surface area contributed by atoms with Crippen molar-refractivity contribution in [2.24, 2.45) is 0 Å². The van der Waals surface area contributed by atoms with Gasteiger partial charge in [-0.05, 0) is 19.9 Å². The topological polar surface area (TPSA) is 55.0 Å². The van der Waals surface area contributed by atoms with Crippen LogP contribution < -0.4 is 5.73 Å². The molecule has 2 rings (SSSR count). The lowest BCUT2D eigenvalue weighted by atomic mass is 10.2. The van der Waals surface area contributed by atoms with Crippen LogP contribution in [0.15, 0.2) is 0 Å². The fourth-order valence-electron chi connectivity index (χ4n) is 2.04. The number of nitrogens with two attached hydrogens (primary N) is 1. The van der Waals surface area contributed by atoms with E-state index in [0.717, 1.165) is 23.3 Å². The Balaban J connectivity index is 1.93. The van der Waals surface area contributed by atoms with Crippen molar-refractivity contribution in [3.8, 4) is 0 Å². The Morgan fingerprint density at radius 1 is 1.50 bits per heavy atom. The first-order valence-electron chi connectivity index (χ1n) is 5.04. The number of nitrogen functional groups attached to an aromatic ring is 1. The molecule has 14 heavy (non-hydrogen) atoms. The summed E-state index contributed by atoms with van der Waals surface area (Å²) >= 11 is 1.28. The van der Waals surface area contributed by atoms with E-state index in [-0.39, 0.29) is 0 Å². The minimum Gasteiger partial charge on any atom is -0.388 e. The van der Waals surface area contributed by atoms with Gasteiger partial charge in [0.15, 0.2) is 0 Å². The van der Waals surface area contributed by atoms with Crippen LogP contribution in [0.4, 0.5) is 5.00 Å². The molecule has 0 spiro atoms. The third-order valence-electron chi connectivity index (χ3n) is 2.93. The largest absolute Gasteiger partial charge is 0.388 e. The van der Waals surface area contributed by atoms with Gasteiger partial charge in [0.2, 0.25) is 0 Å². The molecule has 0 amide bonds. The highest BCUT2D eigenvalue weighted by atomic mass is 32.1. The number of rotatable bonds is 3. The maximum absolute atomic E-state index is 5.75. The first-order valence-corrected chi connectivity index (χ1v) is 5.81. The monoisotopic (exact) mass is 212 g/mol. The highest BCUT2D eigenvalue weighted by molar-refractivity contribution is 7.09. The molecule has 78 valence electrons. The van der Waals surface area contributed by atoms with Crippen molar-refractivity contribution in [1.29, 1.82) is 0 Å². The molecule has 1 aliphatic carbocycles. The quantitative estimate of drug-likeness (QED) is 0.825. The van der Waals surface area contributed by atoms with Gasteiger partial charge < -0.3 is 5.73 Å². The number of nitrogens with zero attached hydrogens (tertiary/aromatic N) is 3. The zero-order valence-corrected chi connectivity index (χ0v) is 9.26. The van der Waals surface area contributed by atoms with Crippen molar-refractivity contribution >= 4 is 16.5 Å². The Hall–Kier alpha value is -0.680. The van der Waals surface area contributed by atoms with Crippen LogP contribution in [0.1, 0.15) is 31.4 Å². The zero-order chi connectivity index (χ0) is 9.97. The van der Waals surface area contributed by atoms with Crippen molar-refractivity contribution in [1.82, 2.24) is 14.5 Å². The van der Waals surface area contributed by atoms with Crippen LogP contribution >= 0.6 is 11.5 Å². The second-order valence-corrected chi connectivity index (χ2v) is 4.72. The van der Waals surface area contributed by atoms with E-state index in [0.29, 0.717) is 0 Å². The fourth-order valence-corrected chi connectivity index (χ4v) is 2.47. The van der Waals surface area contributed by atoms with Crippen molar-refractivity contribution in [3.05, 3.63) is 5.69 Å². The molecule has 1 aliphatic rings. The molecule has 0 atom stereocenters. The molecule has 0 bridgehead atoms. The summed E-state index contributed by atoms with van der Waals surface area (Å²) in [6.07, 6.45) is 5.35. The van der Waals surface area contributed by atoms with Gasteiger partial charge in [-0.25, -0.2) is 0 Å². The molecule has 2 N–H and O–H groups in total. The molecule has 0 saturated heterocycles. The highest BCUT2D eigenvalue weighted by Crippen LogP contribution is 2.24. The van der Waals surface area contributed by atoms with Crippen LogP contribution in [0.2, 0.25) is 0 Å². The molecule has 0 unspecified atom stereocenters. The van der Waals surface area contributed by atoms with Gasteiger partial charge in [0.1, 0.15) is 10.7 Å². The molecule has 1 saturated carbocycles. The Bertz CT molecular complexity index is 293. The smallest absolute Gasteiger partial charge is 0.132 e. The molecular formula is C9H16N4S. The summed E-state index contributed by atoms with van der Waals surface area (Å²) in [5, 5.41) is 4.79. The Labute approximate surface area is 88.3 Å². The van der Waals surface area contributed by atoms with E-state index >= 15 is 0 Å². The van der Waals surface area contributed by atoms with Crippen molar-refractivity contribution in [2.75, 3.05) is 12.8 Å². The van der Waals surface area contributed by atoms with Crippen molar-refractivity contribution < 1.29 is 0 Å². The Morgan fingerprint density at radius 2 is 2.21 bits per heavy atom. The second kappa shape index (κ2) is 4.23. The average molecular weight is 212 g/mol. The summed E-state index contributed by atoms with van der Waals surface area (Å²) in [7, 11) is 2.15. The summed E-state index contributed by atoms with van der Waals surface area (Å²) < 4.78 is 3.84. The molecule has 1 heterocycles. The lowest BCUT2D eigenvalue weighted by Gasteiger charge is -2.22. The minimum absolute atomic E-state index is 0.719. The minimum atomic E-state index is 0.719. The normalized spacial score (nSPS) is 18.1. The maximum atomic E-state index is 5.75. The van der Waals surface area contributed by atoms with E-state index in [1.54, 1.807) is 0 Å². The summed E-state index contributed by atoms with van der Waals surface area (Å²) in [6.45, 7) is 0.840. The van der Waals surface area contributed by atoms with Crippen LogP contribution in [0.25, 0.3) is 0 Å². The molecule has 0 aromatic carbocycles. The third kappa shape index (κ3) is 2.04. The van der Waals surface area contributed by atoms with E-state index in [9.17, 15) is 0 Å². The lowest BCUT2D eigenvalue weighted by molar-refractivity contribution is 0.235. The van der Waals surface area contributed by atoms with Gasteiger partial charge in [-0.2, -0.15) is 0 Å². The first-order chi connectivity index (χ1) is 6.77. The second-order valence-electron chi connectivity index (χ2n) is 3.94. The summed E-state index contributed by atoms with van der Waals surface area (Å²) in [6, 6.07) is 0.719. The molecule has 1 aromatic heterocycles. The Morgan fingerprint density at radius 3 is 2.79 bits per heavy atom. The molecule has 5 heteroatoms. The summed E-state index contributed by atoms with van der Waals surface area (Å²) in [5.41, 5.74) is 6.69. The van der Waals surface area contributed by atoms with Gasteiger partial charge in [0.25, 0.3) is 0 Å². The van der Waals surface area contributed by atoms with Crippen LogP contribution in [0.3, 0.4) is 0 Å². The standard InChI is InChI=1S/C9H16N4S/c1-13(7-4-2-3-5-7)6-8-9(10)14-12-11-8/h7H,2-6,10H2,1H3. The van der Waals surface area contributed by atoms with Gasteiger partial charge in [-0.15, -0.1) is 5.10 Å². The van der Waals surface area contributed by atoms with Crippen LogP contribution in [-0.4, -0.2) is 27.6 Å². The van der Waals surface area contributed by atoms with Gasteiger partial charge in [0.05, 0.1) is 0 Å². The SMILES string of the molecule is CN(Cc1nnsc1N)C1CCCC1. The fraction of sp³-hybridized carbons (Fsp3) is 0.778. The molecule has 0 radical (unpaired) electrons. The van der Waals surface area contributed by atoms with Gasteiger partial charge in [-0.3, -0.25) is 4.90 Å². The van der Waals surface area contributed by atoms with E-state index in [2.05, 4.69) is 21.5 Å². The molecule has 1 fully saturated rings. The number of hydrogen-bond donors (Lipinski definition) is 1. The number of aromatic nitrogens is 2. The summed E-state index contributed by atoms with van der Waals surface area (Å²) in [4.78, 5) is 2.35. The van der Waals surface area contributed by atoms with Gasteiger partial charge in [-0.1, -0.05) is 17.3 Å². The lowest BCUT2D eigenvalue weighted by Crippen LogP contribution is -2.28. The highest BCUT2D eigenvalue weighted by Gasteiger charge is 2.20. The van der Waals surface area contributed by atoms with E-state index < -0.39 is 0 Å². The van der Waals surface area contributed by atoms with Gasteiger partial charge >= 0.3 is 0 Å². The van der Waals surface area contributed by atoms with Gasteiger partial charge in [0, 0.05) is 24.1 Å². The molecule has 4 nitrogen and oxygen atoms in total. The molecule has 0 aliphatic heterocycles. The zero-order valence-electron chi connectivity index (χ0n) is 8.44.